The summed E-state index contributed by atoms with van der Waals surface area (Å²) in [5.74, 6) is 0.0977. The molecule has 0 bridgehead atoms. The number of ether oxygens (including phenoxy) is 2. The maximum Gasteiger partial charge on any atom is 0.261 e. The molecule has 0 saturated carbocycles. The lowest BCUT2D eigenvalue weighted by atomic mass is 10.2. The normalized spacial score (nSPS) is 9.83. The molecule has 0 radical (unpaired) electrons. The lowest BCUT2D eigenvalue weighted by Crippen LogP contribution is -2.34. The van der Waals surface area contributed by atoms with Crippen LogP contribution in [0.4, 0.5) is 0 Å². The predicted octanol–water partition coefficient (Wildman–Crippen LogP) is 1.08. The highest BCUT2D eigenvalue weighted by molar-refractivity contribution is 7.80. The summed E-state index contributed by atoms with van der Waals surface area (Å²) in [7, 11) is 0. The zero-order chi connectivity index (χ0) is 13.4. The molecule has 1 aromatic rings. The Hall–Kier alpha value is -1.66. The molecule has 1 aromatic carbocycles. The Balaban J connectivity index is 2.67. The van der Waals surface area contributed by atoms with Crippen molar-refractivity contribution in [2.75, 3.05) is 19.8 Å². The van der Waals surface area contributed by atoms with E-state index in [9.17, 15) is 4.79 Å². The van der Waals surface area contributed by atoms with Crippen molar-refractivity contribution in [3.8, 4) is 5.75 Å². The smallest absolute Gasteiger partial charge is 0.261 e. The predicted molar refractivity (Wildman–Crippen MR) is 72.7 cm³/mol. The molecule has 0 atom stereocenters. The number of hydrogen-bond donors (Lipinski definition) is 2. The van der Waals surface area contributed by atoms with E-state index in [1.165, 1.54) is 0 Å². The van der Waals surface area contributed by atoms with Crippen molar-refractivity contribution >= 4 is 23.2 Å². The molecule has 5 nitrogen and oxygen atoms in total. The number of para-hydroxylation sites is 1. The first-order chi connectivity index (χ1) is 8.65. The van der Waals surface area contributed by atoms with Gasteiger partial charge < -0.3 is 15.2 Å². The van der Waals surface area contributed by atoms with Crippen molar-refractivity contribution in [1.29, 1.82) is 0 Å². The summed E-state index contributed by atoms with van der Waals surface area (Å²) in [4.78, 5) is 11.8. The summed E-state index contributed by atoms with van der Waals surface area (Å²) in [5, 5.41) is 2.29. The van der Waals surface area contributed by atoms with Crippen molar-refractivity contribution in [2.24, 2.45) is 5.73 Å². The van der Waals surface area contributed by atoms with Crippen LogP contribution in [0.5, 0.6) is 5.75 Å². The van der Waals surface area contributed by atoms with Crippen LogP contribution in [-0.2, 0) is 4.74 Å². The molecule has 0 aliphatic rings. The molecular formula is C12H16N2O3S. The zero-order valence-electron chi connectivity index (χ0n) is 10.1. The van der Waals surface area contributed by atoms with E-state index in [1.807, 2.05) is 6.92 Å². The molecule has 0 heterocycles. The first-order valence-electron chi connectivity index (χ1n) is 5.55. The number of thiocarbonyl (C=S) groups is 1. The highest BCUT2D eigenvalue weighted by Crippen LogP contribution is 2.17. The standard InChI is InChI=1S/C12H16N2O3S/c1-2-16-7-8-17-10-6-4-3-5-9(10)11(15)14-12(13)18/h3-6H,2,7-8H2,1H3,(H3,13,14,15,18). The zero-order valence-corrected chi connectivity index (χ0v) is 11.0. The molecule has 0 saturated heterocycles. The Labute approximate surface area is 111 Å². The SMILES string of the molecule is CCOCCOc1ccccc1C(=O)NC(N)=S. The summed E-state index contributed by atoms with van der Waals surface area (Å²) in [5.41, 5.74) is 5.65. The van der Waals surface area contributed by atoms with E-state index in [2.05, 4.69) is 17.5 Å². The number of carbonyl (C=O) groups is 1. The van der Waals surface area contributed by atoms with Crippen LogP contribution in [0.1, 0.15) is 17.3 Å². The fourth-order valence-corrected chi connectivity index (χ4v) is 1.41. The second kappa shape index (κ2) is 7.62. The maximum atomic E-state index is 11.8. The highest BCUT2D eigenvalue weighted by atomic mass is 32.1. The second-order valence-electron chi connectivity index (χ2n) is 3.36. The van der Waals surface area contributed by atoms with Gasteiger partial charge in [0.2, 0.25) is 0 Å². The highest BCUT2D eigenvalue weighted by Gasteiger charge is 2.12. The number of nitrogens with two attached hydrogens (primary N) is 1. The van der Waals surface area contributed by atoms with Gasteiger partial charge in [-0.1, -0.05) is 12.1 Å². The van der Waals surface area contributed by atoms with Crippen LogP contribution in [0.15, 0.2) is 24.3 Å². The van der Waals surface area contributed by atoms with Gasteiger partial charge >= 0.3 is 0 Å². The van der Waals surface area contributed by atoms with Crippen LogP contribution in [0.2, 0.25) is 0 Å². The molecule has 0 aromatic heterocycles. The molecule has 18 heavy (non-hydrogen) atoms. The van der Waals surface area contributed by atoms with Crippen molar-refractivity contribution < 1.29 is 14.3 Å². The first kappa shape index (κ1) is 14.4. The summed E-state index contributed by atoms with van der Waals surface area (Å²) in [6.07, 6.45) is 0. The average Bonchev–Trinajstić information content (AvgIpc) is 2.34. The lowest BCUT2D eigenvalue weighted by Gasteiger charge is -2.11. The molecule has 0 aliphatic carbocycles. The summed E-state index contributed by atoms with van der Waals surface area (Å²) in [6.45, 7) is 3.39. The van der Waals surface area contributed by atoms with Gasteiger partial charge in [-0.15, -0.1) is 0 Å². The van der Waals surface area contributed by atoms with Gasteiger partial charge in [0, 0.05) is 6.61 Å². The van der Waals surface area contributed by atoms with Crippen LogP contribution in [0.25, 0.3) is 0 Å². The number of carbonyl (C=O) groups excluding carboxylic acids is 1. The van der Waals surface area contributed by atoms with Crippen molar-refractivity contribution in [2.45, 2.75) is 6.92 Å². The average molecular weight is 268 g/mol. The topological polar surface area (TPSA) is 73.6 Å². The summed E-state index contributed by atoms with van der Waals surface area (Å²) < 4.78 is 10.6. The Kier molecular flexibility index (Phi) is 6.10. The van der Waals surface area contributed by atoms with Gasteiger partial charge in [0.15, 0.2) is 5.11 Å². The molecule has 0 fully saturated rings. The molecule has 98 valence electrons. The van der Waals surface area contributed by atoms with Crippen LogP contribution in [0.3, 0.4) is 0 Å². The largest absolute Gasteiger partial charge is 0.490 e. The van der Waals surface area contributed by atoms with Gasteiger partial charge in [-0.2, -0.15) is 0 Å². The van der Waals surface area contributed by atoms with Gasteiger partial charge in [-0.05, 0) is 31.3 Å². The van der Waals surface area contributed by atoms with Gasteiger partial charge in [0.05, 0.1) is 12.2 Å². The third-order valence-corrected chi connectivity index (χ3v) is 2.16. The molecule has 3 N–H and O–H groups in total. The van der Waals surface area contributed by atoms with Crippen molar-refractivity contribution in [1.82, 2.24) is 5.32 Å². The third kappa shape index (κ3) is 4.68. The molecule has 0 spiro atoms. The lowest BCUT2D eigenvalue weighted by molar-refractivity contribution is 0.0958. The monoisotopic (exact) mass is 268 g/mol. The van der Waals surface area contributed by atoms with Gasteiger partial charge in [0.1, 0.15) is 12.4 Å². The van der Waals surface area contributed by atoms with E-state index in [4.69, 9.17) is 15.2 Å². The Morgan fingerprint density at radius 3 is 2.78 bits per heavy atom. The number of amides is 1. The Morgan fingerprint density at radius 1 is 1.39 bits per heavy atom. The van der Waals surface area contributed by atoms with Gasteiger partial charge in [-0.25, -0.2) is 0 Å². The van der Waals surface area contributed by atoms with Crippen LogP contribution >= 0.6 is 12.2 Å². The van der Waals surface area contributed by atoms with E-state index < -0.39 is 0 Å². The minimum absolute atomic E-state index is 0.0656. The molecule has 6 heteroatoms. The minimum atomic E-state index is -0.380. The number of hydrogen-bond acceptors (Lipinski definition) is 4. The number of nitrogens with one attached hydrogen (secondary N) is 1. The quantitative estimate of drug-likeness (QED) is 0.596. The van der Waals surface area contributed by atoms with Crippen LogP contribution < -0.4 is 15.8 Å². The molecule has 0 unspecified atom stereocenters. The fraction of sp³-hybridized carbons (Fsp3) is 0.333. The van der Waals surface area contributed by atoms with E-state index in [0.29, 0.717) is 31.1 Å². The van der Waals surface area contributed by atoms with Crippen LogP contribution in [-0.4, -0.2) is 30.8 Å². The third-order valence-electron chi connectivity index (χ3n) is 2.06. The Morgan fingerprint density at radius 2 is 2.11 bits per heavy atom. The van der Waals surface area contributed by atoms with E-state index >= 15 is 0 Å². The maximum absolute atomic E-state index is 11.8. The second-order valence-corrected chi connectivity index (χ2v) is 3.80. The van der Waals surface area contributed by atoms with Gasteiger partial charge in [-0.3, -0.25) is 10.1 Å². The van der Waals surface area contributed by atoms with Crippen LogP contribution in [0, 0.1) is 0 Å². The number of rotatable bonds is 6. The van der Waals surface area contributed by atoms with E-state index in [0.717, 1.165) is 0 Å². The van der Waals surface area contributed by atoms with Gasteiger partial charge in [0.25, 0.3) is 5.91 Å². The molecular weight excluding hydrogens is 252 g/mol. The summed E-state index contributed by atoms with van der Waals surface area (Å²) >= 11 is 4.62. The fourth-order valence-electron chi connectivity index (χ4n) is 1.31. The van der Waals surface area contributed by atoms with E-state index in [-0.39, 0.29) is 11.0 Å². The minimum Gasteiger partial charge on any atom is -0.490 e. The summed E-state index contributed by atoms with van der Waals surface area (Å²) in [6, 6.07) is 6.88. The Bertz CT molecular complexity index is 424. The molecule has 1 rings (SSSR count). The molecule has 1 amide bonds. The van der Waals surface area contributed by atoms with Crippen molar-refractivity contribution in [3.63, 3.8) is 0 Å². The first-order valence-corrected chi connectivity index (χ1v) is 5.96. The number of benzene rings is 1. The van der Waals surface area contributed by atoms with E-state index in [1.54, 1.807) is 24.3 Å². The molecule has 0 aliphatic heterocycles. The van der Waals surface area contributed by atoms with Crippen molar-refractivity contribution in [3.05, 3.63) is 29.8 Å².